The topological polar surface area (TPSA) is 40.7 Å². The second kappa shape index (κ2) is 5.36. The average Bonchev–Trinajstić information content (AvgIpc) is 2.98. The van der Waals surface area contributed by atoms with Crippen molar-refractivity contribution in [3.63, 3.8) is 0 Å². The van der Waals surface area contributed by atoms with Gasteiger partial charge in [-0.25, -0.2) is 4.98 Å². The Morgan fingerprint density at radius 3 is 2.76 bits per heavy atom. The van der Waals surface area contributed by atoms with Crippen molar-refractivity contribution in [2.75, 3.05) is 5.32 Å². The van der Waals surface area contributed by atoms with Crippen molar-refractivity contribution < 1.29 is 0 Å². The lowest BCUT2D eigenvalue weighted by atomic mass is 9.96. The Morgan fingerprint density at radius 1 is 1.00 bits per heavy atom. The number of pyridine rings is 1. The number of benzene rings is 2. The molecule has 0 fully saturated rings. The van der Waals surface area contributed by atoms with E-state index < -0.39 is 0 Å². The molecule has 3 nitrogen and oxygen atoms in total. The number of para-hydroxylation sites is 1. The summed E-state index contributed by atoms with van der Waals surface area (Å²) in [7, 11) is 0. The number of aromatic amines is 1. The molecular weight excluding hydrogens is 330 g/mol. The molecule has 0 spiro atoms. The van der Waals surface area contributed by atoms with Crippen LogP contribution in [0.2, 0.25) is 5.02 Å². The molecule has 0 radical (unpaired) electrons. The minimum atomic E-state index is -0.0338. The molecule has 0 bridgehead atoms. The smallest absolute Gasteiger partial charge is 0.138 e. The highest BCUT2D eigenvalue weighted by Gasteiger charge is 2.27. The quantitative estimate of drug-likeness (QED) is 0.464. The minimum Gasteiger partial charge on any atom is -0.374 e. The number of hydrogen-bond acceptors (Lipinski definition) is 2. The molecule has 1 unspecified atom stereocenters. The van der Waals surface area contributed by atoms with Crippen LogP contribution in [0.4, 0.5) is 5.69 Å². The molecule has 2 aromatic heterocycles. The fraction of sp³-hybridized carbons (Fsp3) is 0.0952. The Hall–Kier alpha value is -2.78. The van der Waals surface area contributed by atoms with Crippen LogP contribution in [-0.2, 0) is 0 Å². The van der Waals surface area contributed by atoms with Crippen molar-refractivity contribution in [1.82, 2.24) is 9.97 Å². The fourth-order valence-electron chi connectivity index (χ4n) is 3.72. The molecule has 0 aliphatic carbocycles. The third-order valence-electron chi connectivity index (χ3n) is 4.90. The number of nitrogens with zero attached hydrogens (tertiary/aromatic N) is 1. The third kappa shape index (κ3) is 2.16. The first kappa shape index (κ1) is 14.6. The summed E-state index contributed by atoms with van der Waals surface area (Å²) in [5, 5.41) is 5.63. The van der Waals surface area contributed by atoms with E-state index in [4.69, 9.17) is 11.6 Å². The standard InChI is InChI=1S/C21H16ClN3/c1-12-6-7-15(17(22)10-12)20-16-11-24-21-19(16)14(8-9-23-21)13-4-2-3-5-18(13)25-20/h2-11,20,25H,1H3,(H,23,24). The summed E-state index contributed by atoms with van der Waals surface area (Å²) in [4.78, 5) is 7.82. The Labute approximate surface area is 150 Å². The van der Waals surface area contributed by atoms with Gasteiger partial charge in [-0.3, -0.25) is 0 Å². The van der Waals surface area contributed by atoms with Gasteiger partial charge in [-0.05, 0) is 41.8 Å². The number of halogens is 1. The maximum atomic E-state index is 6.61. The summed E-state index contributed by atoms with van der Waals surface area (Å²) >= 11 is 6.61. The van der Waals surface area contributed by atoms with Crippen molar-refractivity contribution >= 4 is 28.3 Å². The van der Waals surface area contributed by atoms with E-state index in [0.717, 1.165) is 32.9 Å². The van der Waals surface area contributed by atoms with E-state index in [0.29, 0.717) is 0 Å². The van der Waals surface area contributed by atoms with Gasteiger partial charge in [0, 0.05) is 39.6 Å². The minimum absolute atomic E-state index is 0.0338. The van der Waals surface area contributed by atoms with Crippen molar-refractivity contribution in [2.24, 2.45) is 0 Å². The summed E-state index contributed by atoms with van der Waals surface area (Å²) in [6, 6.07) is 16.7. The first-order valence-electron chi connectivity index (χ1n) is 8.30. The molecule has 0 amide bonds. The van der Waals surface area contributed by atoms with Gasteiger partial charge < -0.3 is 10.3 Å². The van der Waals surface area contributed by atoms with Crippen LogP contribution in [0.5, 0.6) is 0 Å². The monoisotopic (exact) mass is 345 g/mol. The van der Waals surface area contributed by atoms with Gasteiger partial charge in [0.2, 0.25) is 0 Å². The number of H-pyrrole nitrogens is 1. The number of rotatable bonds is 1. The lowest BCUT2D eigenvalue weighted by molar-refractivity contribution is 0.952. The largest absolute Gasteiger partial charge is 0.374 e. The first-order valence-corrected chi connectivity index (χ1v) is 8.68. The molecule has 1 aliphatic heterocycles. The van der Waals surface area contributed by atoms with Gasteiger partial charge in [0.05, 0.1) is 6.04 Å². The zero-order valence-corrected chi connectivity index (χ0v) is 14.4. The van der Waals surface area contributed by atoms with Gasteiger partial charge in [0.25, 0.3) is 0 Å². The molecule has 2 N–H and O–H groups in total. The van der Waals surface area contributed by atoms with Gasteiger partial charge >= 0.3 is 0 Å². The Bertz CT molecular complexity index is 1110. The lowest BCUT2D eigenvalue weighted by Crippen LogP contribution is -2.12. The van der Waals surface area contributed by atoms with E-state index in [2.05, 4.69) is 64.7 Å². The number of anilines is 1. The van der Waals surface area contributed by atoms with Gasteiger partial charge in [-0.1, -0.05) is 41.9 Å². The molecule has 5 rings (SSSR count). The summed E-state index contributed by atoms with van der Waals surface area (Å²) in [6.45, 7) is 2.05. The SMILES string of the molecule is Cc1ccc(C2Nc3ccccc3-c3ccnc4[nH]cc2c34)c(Cl)c1. The maximum absolute atomic E-state index is 6.61. The Morgan fingerprint density at radius 2 is 1.88 bits per heavy atom. The number of aromatic nitrogens is 2. The van der Waals surface area contributed by atoms with Crippen molar-refractivity contribution in [3.8, 4) is 11.1 Å². The zero-order chi connectivity index (χ0) is 17.0. The highest BCUT2D eigenvalue weighted by molar-refractivity contribution is 6.31. The predicted molar refractivity (Wildman–Crippen MR) is 103 cm³/mol. The maximum Gasteiger partial charge on any atom is 0.138 e. The Balaban J connectivity index is 1.85. The number of fused-ring (bicyclic) bond motifs is 2. The van der Waals surface area contributed by atoms with E-state index in [9.17, 15) is 0 Å². The van der Waals surface area contributed by atoms with E-state index in [1.165, 1.54) is 16.7 Å². The van der Waals surface area contributed by atoms with E-state index in [1.54, 1.807) is 0 Å². The molecule has 4 heteroatoms. The molecule has 0 saturated heterocycles. The average molecular weight is 346 g/mol. The van der Waals surface area contributed by atoms with E-state index >= 15 is 0 Å². The van der Waals surface area contributed by atoms with Gasteiger partial charge in [-0.15, -0.1) is 0 Å². The molecular formula is C21H16ClN3. The fourth-order valence-corrected chi connectivity index (χ4v) is 4.07. The third-order valence-corrected chi connectivity index (χ3v) is 5.23. The van der Waals surface area contributed by atoms with Crippen LogP contribution in [0.25, 0.3) is 22.2 Å². The number of aryl methyl sites for hydroxylation is 1. The lowest BCUT2D eigenvalue weighted by Gasteiger charge is -2.21. The second-order valence-corrected chi connectivity index (χ2v) is 6.88. The van der Waals surface area contributed by atoms with Gasteiger partial charge in [0.1, 0.15) is 5.65 Å². The summed E-state index contributed by atoms with van der Waals surface area (Å²) < 4.78 is 0. The highest BCUT2D eigenvalue weighted by atomic mass is 35.5. The van der Waals surface area contributed by atoms with Crippen LogP contribution in [0, 0.1) is 6.92 Å². The Kier molecular flexibility index (Phi) is 3.12. The molecule has 1 aliphatic rings. The molecule has 1 atom stereocenters. The van der Waals surface area contributed by atoms with Crippen LogP contribution in [0.3, 0.4) is 0 Å². The summed E-state index contributed by atoms with van der Waals surface area (Å²) in [5.74, 6) is 0. The normalized spacial score (nSPS) is 15.5. The molecule has 122 valence electrons. The summed E-state index contributed by atoms with van der Waals surface area (Å²) in [6.07, 6.45) is 3.90. The summed E-state index contributed by atoms with van der Waals surface area (Å²) in [5.41, 5.74) is 7.77. The van der Waals surface area contributed by atoms with Crippen molar-refractivity contribution in [2.45, 2.75) is 13.0 Å². The van der Waals surface area contributed by atoms with E-state index in [1.807, 2.05) is 18.5 Å². The predicted octanol–water partition coefficient (Wildman–Crippen LogP) is 5.71. The molecule has 25 heavy (non-hydrogen) atoms. The highest BCUT2D eigenvalue weighted by Crippen LogP contribution is 2.44. The van der Waals surface area contributed by atoms with Crippen molar-refractivity contribution in [1.29, 1.82) is 0 Å². The van der Waals surface area contributed by atoms with Crippen LogP contribution in [-0.4, -0.2) is 9.97 Å². The van der Waals surface area contributed by atoms with Crippen LogP contribution < -0.4 is 5.32 Å². The molecule has 0 saturated carbocycles. The second-order valence-electron chi connectivity index (χ2n) is 6.47. The van der Waals surface area contributed by atoms with E-state index in [-0.39, 0.29) is 6.04 Å². The molecule has 3 heterocycles. The molecule has 4 aromatic rings. The number of hydrogen-bond donors (Lipinski definition) is 2. The number of nitrogens with one attached hydrogen (secondary N) is 2. The van der Waals surface area contributed by atoms with Crippen molar-refractivity contribution in [3.05, 3.63) is 82.6 Å². The van der Waals surface area contributed by atoms with Crippen LogP contribution in [0.15, 0.2) is 60.9 Å². The van der Waals surface area contributed by atoms with Crippen LogP contribution in [0.1, 0.15) is 22.7 Å². The molecule has 2 aromatic carbocycles. The first-order chi connectivity index (χ1) is 12.2. The van der Waals surface area contributed by atoms with Gasteiger partial charge in [0.15, 0.2) is 0 Å². The van der Waals surface area contributed by atoms with Gasteiger partial charge in [-0.2, -0.15) is 0 Å². The van der Waals surface area contributed by atoms with Crippen LogP contribution >= 0.6 is 11.6 Å². The zero-order valence-electron chi connectivity index (χ0n) is 13.7.